The van der Waals surface area contributed by atoms with Crippen LogP contribution in [0.2, 0.25) is 0 Å². The number of allylic oxidation sites excluding steroid dienone is 3. The summed E-state index contributed by atoms with van der Waals surface area (Å²) in [5, 5.41) is 10.5. The van der Waals surface area contributed by atoms with Crippen molar-refractivity contribution in [3.63, 3.8) is 0 Å². The van der Waals surface area contributed by atoms with E-state index in [-0.39, 0.29) is 17.3 Å². The Labute approximate surface area is 213 Å². The molecule has 35 heavy (non-hydrogen) atoms. The van der Waals surface area contributed by atoms with Crippen LogP contribution in [-0.2, 0) is 9.53 Å². The van der Waals surface area contributed by atoms with Crippen LogP contribution in [0.15, 0.2) is 58.9 Å². The number of ketones is 1. The van der Waals surface area contributed by atoms with Gasteiger partial charge in [-0.2, -0.15) is 11.8 Å². The lowest BCUT2D eigenvalue weighted by Crippen LogP contribution is -2.33. The van der Waals surface area contributed by atoms with Gasteiger partial charge in [0.1, 0.15) is 11.5 Å². The van der Waals surface area contributed by atoms with Gasteiger partial charge in [-0.05, 0) is 62.4 Å². The van der Waals surface area contributed by atoms with E-state index in [4.69, 9.17) is 9.47 Å². The molecule has 1 fully saturated rings. The van der Waals surface area contributed by atoms with Gasteiger partial charge in [-0.15, -0.1) is 0 Å². The average Bonchev–Trinajstić information content (AvgIpc) is 2.84. The van der Waals surface area contributed by atoms with Crippen LogP contribution in [0.4, 0.5) is 0 Å². The molecule has 0 radical (unpaired) electrons. The Kier molecular flexibility index (Phi) is 9.28. The number of hydrogen-bond acceptors (Lipinski definition) is 5. The first-order valence-corrected chi connectivity index (χ1v) is 13.5. The Balaban J connectivity index is 1.62. The molecule has 1 N–H and O–H groups in total. The molecule has 0 heterocycles. The molecular weight excluding hydrogens is 460 g/mol. The molecule has 2 aliphatic rings. The second kappa shape index (κ2) is 12.0. The predicted molar refractivity (Wildman–Crippen MR) is 142 cm³/mol. The number of carbonyl (C=O) groups excluding carboxylic acids is 1. The molecule has 0 bridgehead atoms. The molecule has 1 aromatic rings. The molecule has 1 saturated carbocycles. The number of hydrogen-bond donors (Lipinski definition) is 1. The van der Waals surface area contributed by atoms with Crippen molar-refractivity contribution in [2.45, 2.75) is 65.0 Å². The maximum absolute atomic E-state index is 12.9. The molecule has 6 heteroatoms. The zero-order valence-electron chi connectivity index (χ0n) is 21.6. The number of rotatable bonds is 10. The molecule has 0 aliphatic heterocycles. The molecule has 190 valence electrons. The van der Waals surface area contributed by atoms with E-state index in [0.29, 0.717) is 23.5 Å². The molecule has 0 spiro atoms. The van der Waals surface area contributed by atoms with Gasteiger partial charge in [-0.3, -0.25) is 4.79 Å². The molecule has 5 nitrogen and oxygen atoms in total. The second-order valence-electron chi connectivity index (χ2n) is 9.92. The van der Waals surface area contributed by atoms with Gasteiger partial charge in [-0.25, -0.2) is 4.79 Å². The maximum Gasteiger partial charge on any atom is 0.336 e. The fourth-order valence-electron chi connectivity index (χ4n) is 5.05. The number of ether oxygens (including phenoxy) is 2. The van der Waals surface area contributed by atoms with E-state index in [9.17, 15) is 14.7 Å². The Morgan fingerprint density at radius 2 is 1.77 bits per heavy atom. The fraction of sp³-hybridized carbons (Fsp3) is 0.517. The second-order valence-corrected chi connectivity index (χ2v) is 11.3. The first kappa shape index (κ1) is 27.1. The largest absolute Gasteiger partial charge is 0.500 e. The number of benzene rings is 1. The van der Waals surface area contributed by atoms with Crippen LogP contribution < -0.4 is 4.74 Å². The van der Waals surface area contributed by atoms with Crippen molar-refractivity contribution in [3.8, 4) is 5.75 Å². The Morgan fingerprint density at radius 1 is 1.11 bits per heavy atom. The average molecular weight is 499 g/mol. The Bertz CT molecular complexity index is 1010. The summed E-state index contributed by atoms with van der Waals surface area (Å²) in [6.07, 6.45) is 10.1. The monoisotopic (exact) mass is 498 g/mol. The molecule has 3 rings (SSSR count). The standard InChI is InChI=1S/C29H38O5S/c1-19-26(28(31)32)20(2)29(3,4)24(27(19)33-5)15-16-25(30)21-11-13-22(14-12-21)34-17-18-35-23-9-7-6-8-10-23/h11-16,23-24H,6-10,17-18H2,1-5H3,(H,31,32). The van der Waals surface area contributed by atoms with E-state index in [1.807, 2.05) is 50.7 Å². The van der Waals surface area contributed by atoms with E-state index in [1.54, 1.807) is 32.2 Å². The third-order valence-corrected chi connectivity index (χ3v) is 8.76. The Morgan fingerprint density at radius 3 is 2.37 bits per heavy atom. The van der Waals surface area contributed by atoms with Crippen molar-refractivity contribution < 1.29 is 24.2 Å². The lowest BCUT2D eigenvalue weighted by atomic mass is 9.66. The number of methoxy groups -OCH3 is 1. The third kappa shape index (κ3) is 6.40. The number of thioether (sulfide) groups is 1. The molecule has 1 unspecified atom stereocenters. The van der Waals surface area contributed by atoms with Crippen LogP contribution in [0.25, 0.3) is 0 Å². The minimum Gasteiger partial charge on any atom is -0.500 e. The lowest BCUT2D eigenvalue weighted by Gasteiger charge is -2.40. The fourth-order valence-corrected chi connectivity index (χ4v) is 6.23. The molecule has 0 saturated heterocycles. The van der Waals surface area contributed by atoms with Crippen molar-refractivity contribution >= 4 is 23.5 Å². The van der Waals surface area contributed by atoms with Crippen LogP contribution in [0.1, 0.15) is 70.2 Å². The molecular formula is C29H38O5S. The topological polar surface area (TPSA) is 72.8 Å². The molecule has 0 aromatic heterocycles. The number of carbonyl (C=O) groups is 2. The smallest absolute Gasteiger partial charge is 0.336 e. The zero-order valence-corrected chi connectivity index (χ0v) is 22.4. The summed E-state index contributed by atoms with van der Waals surface area (Å²) in [6.45, 7) is 8.23. The molecule has 2 aliphatic carbocycles. The van der Waals surface area contributed by atoms with E-state index in [0.717, 1.165) is 22.3 Å². The number of aliphatic carboxylic acids is 1. The van der Waals surface area contributed by atoms with Gasteiger partial charge in [0, 0.05) is 28.1 Å². The summed E-state index contributed by atoms with van der Waals surface area (Å²) in [4.78, 5) is 24.7. The highest BCUT2D eigenvalue weighted by Crippen LogP contribution is 2.48. The quantitative estimate of drug-likeness (QED) is 0.216. The highest BCUT2D eigenvalue weighted by molar-refractivity contribution is 7.99. The van der Waals surface area contributed by atoms with E-state index >= 15 is 0 Å². The van der Waals surface area contributed by atoms with Crippen molar-refractivity contribution in [1.29, 1.82) is 0 Å². The zero-order chi connectivity index (χ0) is 25.6. The van der Waals surface area contributed by atoms with Crippen molar-refractivity contribution in [2.75, 3.05) is 19.5 Å². The van der Waals surface area contributed by atoms with E-state index in [2.05, 4.69) is 0 Å². The summed E-state index contributed by atoms with van der Waals surface area (Å²) in [5.41, 5.74) is 1.73. The van der Waals surface area contributed by atoms with Crippen molar-refractivity contribution in [2.24, 2.45) is 11.3 Å². The molecule has 1 aromatic carbocycles. The molecule has 0 amide bonds. The van der Waals surface area contributed by atoms with E-state index < -0.39 is 11.4 Å². The normalized spacial score (nSPS) is 20.9. The van der Waals surface area contributed by atoms with Crippen molar-refractivity contribution in [1.82, 2.24) is 0 Å². The van der Waals surface area contributed by atoms with Crippen LogP contribution in [-0.4, -0.2) is 41.6 Å². The first-order valence-electron chi connectivity index (χ1n) is 12.4. The third-order valence-electron chi connectivity index (χ3n) is 7.42. The Hall–Kier alpha value is -2.47. The van der Waals surface area contributed by atoms with Crippen LogP contribution in [0.3, 0.4) is 0 Å². The van der Waals surface area contributed by atoms with Gasteiger partial charge in [0.2, 0.25) is 0 Å². The highest BCUT2D eigenvalue weighted by atomic mass is 32.2. The van der Waals surface area contributed by atoms with Crippen LogP contribution in [0, 0.1) is 11.3 Å². The summed E-state index contributed by atoms with van der Waals surface area (Å²) in [5.74, 6) is 1.01. The van der Waals surface area contributed by atoms with Gasteiger partial charge < -0.3 is 14.6 Å². The minimum absolute atomic E-state index is 0.112. The summed E-state index contributed by atoms with van der Waals surface area (Å²) in [7, 11) is 1.55. The number of carboxylic acid groups (broad SMARTS) is 1. The van der Waals surface area contributed by atoms with Gasteiger partial charge in [0.15, 0.2) is 5.78 Å². The van der Waals surface area contributed by atoms with Gasteiger partial charge in [0.05, 0.1) is 19.3 Å². The first-order chi connectivity index (χ1) is 16.7. The summed E-state index contributed by atoms with van der Waals surface area (Å²) in [6, 6.07) is 7.25. The SMILES string of the molecule is COC1=C(C)C(C(=O)O)=C(C)C(C)(C)C1C=CC(=O)c1ccc(OCCSC2CCCCC2)cc1. The predicted octanol–water partition coefficient (Wildman–Crippen LogP) is 6.85. The highest BCUT2D eigenvalue weighted by Gasteiger charge is 2.41. The van der Waals surface area contributed by atoms with Gasteiger partial charge >= 0.3 is 5.97 Å². The molecule has 1 atom stereocenters. The van der Waals surface area contributed by atoms with Crippen LogP contribution in [0.5, 0.6) is 5.75 Å². The summed E-state index contributed by atoms with van der Waals surface area (Å²) >= 11 is 2.01. The van der Waals surface area contributed by atoms with E-state index in [1.165, 1.54) is 32.1 Å². The van der Waals surface area contributed by atoms with Gasteiger partial charge in [-0.1, -0.05) is 44.8 Å². The summed E-state index contributed by atoms with van der Waals surface area (Å²) < 4.78 is 11.5. The van der Waals surface area contributed by atoms with Crippen molar-refractivity contribution in [3.05, 3.63) is 64.5 Å². The number of carboxylic acids is 1. The maximum atomic E-state index is 12.9. The van der Waals surface area contributed by atoms with Gasteiger partial charge in [0.25, 0.3) is 0 Å². The lowest BCUT2D eigenvalue weighted by molar-refractivity contribution is -0.132. The van der Waals surface area contributed by atoms with Crippen LogP contribution >= 0.6 is 11.8 Å². The minimum atomic E-state index is -0.962.